The van der Waals surface area contributed by atoms with E-state index in [0.717, 1.165) is 41.5 Å². The maximum atomic E-state index is 13.2. The van der Waals surface area contributed by atoms with Crippen LogP contribution in [0.4, 0.5) is 0 Å². The molecule has 1 atom stereocenters. The lowest BCUT2D eigenvalue weighted by atomic mass is 9.74. The van der Waals surface area contributed by atoms with Crippen LogP contribution < -0.4 is 16.0 Å². The molecule has 208 valence electrons. The molecule has 3 amide bonds. The topological polar surface area (TPSA) is 169 Å². The summed E-state index contributed by atoms with van der Waals surface area (Å²) >= 11 is 0. The second-order valence-electron chi connectivity index (χ2n) is 11.5. The van der Waals surface area contributed by atoms with Crippen LogP contribution in [0.5, 0.6) is 0 Å². The Morgan fingerprint density at radius 1 is 1.05 bits per heavy atom. The summed E-state index contributed by atoms with van der Waals surface area (Å²) in [5, 5.41) is 33.5. The predicted octanol–water partition coefficient (Wildman–Crippen LogP) is 0.870. The number of rotatable bonds is 8. The summed E-state index contributed by atoms with van der Waals surface area (Å²) in [4.78, 5) is 40.1. The first kappa shape index (κ1) is 25.3. The quantitative estimate of drug-likeness (QED) is 0.299. The lowest BCUT2D eigenvalue weighted by Gasteiger charge is -2.31. The highest BCUT2D eigenvalue weighted by Crippen LogP contribution is 2.87. The number of nitrogens with zero attached hydrogens (tertiary/aromatic N) is 5. The molecule has 3 fully saturated rings. The molecule has 0 spiro atoms. The maximum Gasteiger partial charge on any atom is 0.251 e. The third-order valence-corrected chi connectivity index (χ3v) is 9.68. The highest BCUT2D eigenvalue weighted by atomic mass is 16.2. The Kier molecular flexibility index (Phi) is 5.37. The average molecular weight is 552 g/mol. The molecule has 0 radical (unpaired) electrons. The number of carbonyl (C=O) groups is 3. The molecule has 12 nitrogen and oxygen atoms in total. The number of hydrogen-bond acceptors (Lipinski definition) is 8. The minimum atomic E-state index is -0.847. The van der Waals surface area contributed by atoms with Crippen LogP contribution in [-0.4, -0.2) is 82.0 Å². The Morgan fingerprint density at radius 3 is 2.22 bits per heavy atom. The summed E-state index contributed by atoms with van der Waals surface area (Å²) in [6, 6.07) is 13.0. The number of aromatic nitrogens is 4. The van der Waals surface area contributed by atoms with E-state index in [1.54, 1.807) is 26.2 Å². The average Bonchev–Trinajstić information content (AvgIpc) is 3.48. The van der Waals surface area contributed by atoms with E-state index in [0.29, 0.717) is 29.9 Å². The van der Waals surface area contributed by atoms with Gasteiger partial charge in [-0.3, -0.25) is 14.4 Å². The van der Waals surface area contributed by atoms with Gasteiger partial charge in [-0.25, -0.2) is 0 Å². The standard InChI is InChI=1S/C29H29N9O3/c1-31-24(40)16-3-5-21-19(9-16)20-10-17(25(41)32-2)4-6-22(20)29(21,26-34-36-37-35-26)7-8-33-13-23(39)38-18(12-30)11-27-14-28(27,38)15-27/h3-6,9-10,18,33H,7-8,11,13-15H2,1-2H3,(H,31,40)(H,32,41)(H,34,35,36,37). The van der Waals surface area contributed by atoms with Gasteiger partial charge in [-0.2, -0.15) is 10.5 Å². The molecule has 2 aromatic carbocycles. The zero-order chi connectivity index (χ0) is 28.6. The smallest absolute Gasteiger partial charge is 0.251 e. The number of nitriles is 1. The fourth-order valence-corrected chi connectivity index (χ4v) is 7.53. The highest BCUT2D eigenvalue weighted by molar-refractivity contribution is 5.99. The normalized spacial score (nSPS) is 25.3. The van der Waals surface area contributed by atoms with E-state index in [-0.39, 0.29) is 41.3 Å². The van der Waals surface area contributed by atoms with Crippen LogP contribution in [0, 0.1) is 16.7 Å². The summed E-state index contributed by atoms with van der Waals surface area (Å²) in [7, 11) is 3.16. The van der Waals surface area contributed by atoms with Gasteiger partial charge < -0.3 is 20.9 Å². The summed E-state index contributed by atoms with van der Waals surface area (Å²) in [5.74, 6) is -0.0303. The molecule has 2 heterocycles. The van der Waals surface area contributed by atoms with Crippen LogP contribution in [-0.2, 0) is 10.2 Å². The van der Waals surface area contributed by atoms with Gasteiger partial charge in [0.05, 0.1) is 23.6 Å². The van der Waals surface area contributed by atoms with Gasteiger partial charge in [-0.1, -0.05) is 17.3 Å². The van der Waals surface area contributed by atoms with Gasteiger partial charge in [-0.05, 0) is 78.7 Å². The molecule has 12 heteroatoms. The number of piperidine rings is 2. The van der Waals surface area contributed by atoms with Crippen molar-refractivity contribution in [2.24, 2.45) is 5.41 Å². The van der Waals surface area contributed by atoms with Crippen molar-refractivity contribution in [3.05, 3.63) is 64.5 Å². The van der Waals surface area contributed by atoms with Crippen molar-refractivity contribution in [1.29, 1.82) is 5.26 Å². The van der Waals surface area contributed by atoms with Gasteiger partial charge >= 0.3 is 0 Å². The fourth-order valence-electron chi connectivity index (χ4n) is 7.53. The second kappa shape index (κ2) is 8.68. The van der Waals surface area contributed by atoms with E-state index in [4.69, 9.17) is 0 Å². The van der Waals surface area contributed by atoms with E-state index < -0.39 is 5.41 Å². The fraction of sp³-hybridized carbons (Fsp3) is 0.414. The molecule has 1 saturated heterocycles. The molecular formula is C29H29N9O3. The number of aromatic amines is 1. The van der Waals surface area contributed by atoms with Gasteiger partial charge in [0.2, 0.25) is 5.91 Å². The van der Waals surface area contributed by atoms with E-state index >= 15 is 0 Å². The first-order valence-corrected chi connectivity index (χ1v) is 13.7. The highest BCUT2D eigenvalue weighted by Gasteiger charge is 2.90. The van der Waals surface area contributed by atoms with Crippen LogP contribution in [0.3, 0.4) is 0 Å². The van der Waals surface area contributed by atoms with Crippen LogP contribution in [0.25, 0.3) is 11.1 Å². The molecule has 1 aliphatic heterocycles. The number of amides is 3. The molecule has 1 unspecified atom stereocenters. The third-order valence-electron chi connectivity index (χ3n) is 9.68. The van der Waals surface area contributed by atoms with E-state index in [9.17, 15) is 19.6 Å². The molecule has 4 aliphatic rings. The van der Waals surface area contributed by atoms with Crippen molar-refractivity contribution in [3.8, 4) is 17.2 Å². The summed E-state index contributed by atoms with van der Waals surface area (Å²) in [6.07, 6.45) is 3.32. The molecule has 2 saturated carbocycles. The molecule has 1 aromatic heterocycles. The Labute approximate surface area is 235 Å². The number of hydrogen-bond donors (Lipinski definition) is 4. The van der Waals surface area contributed by atoms with Crippen molar-refractivity contribution in [2.45, 2.75) is 42.7 Å². The number of benzene rings is 2. The number of H-pyrrole nitrogens is 1. The first-order chi connectivity index (χ1) is 19.8. The van der Waals surface area contributed by atoms with Crippen LogP contribution in [0.2, 0.25) is 0 Å². The lowest BCUT2D eigenvalue weighted by molar-refractivity contribution is -0.133. The molecule has 41 heavy (non-hydrogen) atoms. The molecule has 3 aliphatic carbocycles. The van der Waals surface area contributed by atoms with Gasteiger partial charge in [0, 0.05) is 30.6 Å². The first-order valence-electron chi connectivity index (χ1n) is 13.7. The van der Waals surface area contributed by atoms with Crippen molar-refractivity contribution in [1.82, 2.24) is 41.5 Å². The molecule has 7 rings (SSSR count). The van der Waals surface area contributed by atoms with Gasteiger partial charge in [0.15, 0.2) is 5.82 Å². The summed E-state index contributed by atoms with van der Waals surface area (Å²) in [6.45, 7) is 0.569. The Bertz CT molecular complexity index is 1590. The van der Waals surface area contributed by atoms with Crippen molar-refractivity contribution in [3.63, 3.8) is 0 Å². The van der Waals surface area contributed by atoms with Crippen molar-refractivity contribution >= 4 is 17.7 Å². The number of fused-ring (bicyclic) bond motifs is 3. The van der Waals surface area contributed by atoms with Crippen LogP contribution in [0.15, 0.2) is 36.4 Å². The zero-order valence-electron chi connectivity index (χ0n) is 22.7. The maximum absolute atomic E-state index is 13.2. The van der Waals surface area contributed by atoms with Crippen molar-refractivity contribution < 1.29 is 14.4 Å². The van der Waals surface area contributed by atoms with Crippen LogP contribution >= 0.6 is 0 Å². The van der Waals surface area contributed by atoms with Gasteiger partial charge in [0.25, 0.3) is 11.8 Å². The number of likely N-dealkylation sites (tertiary alicyclic amines) is 1. The zero-order valence-corrected chi connectivity index (χ0v) is 22.7. The monoisotopic (exact) mass is 551 g/mol. The Hall–Kier alpha value is -4.63. The Morgan fingerprint density at radius 2 is 1.68 bits per heavy atom. The van der Waals surface area contributed by atoms with Gasteiger partial charge in [-0.15, -0.1) is 10.2 Å². The molecular weight excluding hydrogens is 522 g/mol. The molecule has 3 aromatic rings. The number of tetrazole rings is 1. The van der Waals surface area contributed by atoms with E-state index in [1.165, 1.54) is 0 Å². The third kappa shape index (κ3) is 3.35. The molecule has 4 N–H and O–H groups in total. The summed E-state index contributed by atoms with van der Waals surface area (Å²) < 4.78 is 0. The lowest BCUT2D eigenvalue weighted by Crippen LogP contribution is -2.47. The SMILES string of the molecule is CNC(=O)c1ccc2c(c1)-c1cc(C(=O)NC)ccc1C2(CCNCC(=O)N1C(C#N)CC23CC12C3)c1nn[nH]n1. The Balaban J connectivity index is 1.22. The minimum Gasteiger partial charge on any atom is -0.355 e. The second-order valence-corrected chi connectivity index (χ2v) is 11.5. The van der Waals surface area contributed by atoms with Crippen molar-refractivity contribution in [2.75, 3.05) is 27.2 Å². The summed E-state index contributed by atoms with van der Waals surface area (Å²) in [5.41, 5.74) is 3.65. The van der Waals surface area contributed by atoms with E-state index in [2.05, 4.69) is 42.6 Å². The molecule has 0 bridgehead atoms. The predicted molar refractivity (Wildman–Crippen MR) is 145 cm³/mol. The van der Waals surface area contributed by atoms with Gasteiger partial charge in [0.1, 0.15) is 6.04 Å². The van der Waals surface area contributed by atoms with Crippen LogP contribution in [0.1, 0.15) is 63.4 Å². The number of nitrogens with one attached hydrogen (secondary N) is 4. The number of carbonyl (C=O) groups excluding carboxylic acids is 3. The largest absolute Gasteiger partial charge is 0.355 e. The van der Waals surface area contributed by atoms with E-state index in [1.807, 2.05) is 29.2 Å². The minimum absolute atomic E-state index is 0.0419.